The topological polar surface area (TPSA) is 103 Å². The van der Waals surface area contributed by atoms with Crippen molar-refractivity contribution in [3.8, 4) is 17.2 Å². The summed E-state index contributed by atoms with van der Waals surface area (Å²) in [6.07, 6.45) is 4.71. The van der Waals surface area contributed by atoms with E-state index in [1.165, 1.54) is 6.08 Å². The van der Waals surface area contributed by atoms with Crippen LogP contribution in [0.15, 0.2) is 109 Å². The van der Waals surface area contributed by atoms with E-state index in [9.17, 15) is 14.4 Å². The summed E-state index contributed by atoms with van der Waals surface area (Å²) in [5.41, 5.74) is 2.77. The minimum atomic E-state index is -0.524. The first kappa shape index (κ1) is 30.3. The number of rotatable bonds is 12. The highest BCUT2D eigenvalue weighted by atomic mass is 16.5. The van der Waals surface area contributed by atoms with E-state index in [2.05, 4.69) is 10.6 Å². The summed E-state index contributed by atoms with van der Waals surface area (Å²) in [5.74, 6) is 0.761. The van der Waals surface area contributed by atoms with Gasteiger partial charge in [-0.2, -0.15) is 0 Å². The molecular formula is C35H32N2O6. The standard InChI is InChI=1S/C35H32N2O6/c1-4-43-29-18-10-24(11-19-29)22-31(37-34(39)27-8-6-5-7-9-27)35(40)36-28-16-12-25(13-17-28)32(38)21-15-26-14-20-30(41-2)23-33(26)42-3/h5-23H,4H2,1-3H3,(H,36,40)(H,37,39)/b21-15+,31-22-. The Morgan fingerprint density at radius 3 is 2.12 bits per heavy atom. The molecule has 0 bridgehead atoms. The Morgan fingerprint density at radius 1 is 0.767 bits per heavy atom. The molecule has 0 unspecified atom stereocenters. The van der Waals surface area contributed by atoms with Crippen LogP contribution >= 0.6 is 0 Å². The molecule has 4 rings (SSSR count). The van der Waals surface area contributed by atoms with Gasteiger partial charge in [0, 0.05) is 28.4 Å². The van der Waals surface area contributed by atoms with E-state index in [1.54, 1.807) is 123 Å². The lowest BCUT2D eigenvalue weighted by molar-refractivity contribution is -0.113. The third kappa shape index (κ3) is 8.43. The molecule has 4 aromatic rings. The van der Waals surface area contributed by atoms with Crippen molar-refractivity contribution in [1.29, 1.82) is 0 Å². The molecule has 0 aliphatic rings. The van der Waals surface area contributed by atoms with Gasteiger partial charge in [0.1, 0.15) is 22.9 Å². The number of ketones is 1. The average Bonchev–Trinajstić information content (AvgIpc) is 3.04. The molecule has 8 heteroatoms. The molecule has 0 saturated carbocycles. The van der Waals surface area contributed by atoms with Crippen molar-refractivity contribution in [3.05, 3.63) is 131 Å². The Morgan fingerprint density at radius 2 is 1.47 bits per heavy atom. The summed E-state index contributed by atoms with van der Waals surface area (Å²) in [5, 5.41) is 5.51. The fraction of sp³-hybridized carbons (Fsp3) is 0.114. The van der Waals surface area contributed by atoms with E-state index >= 15 is 0 Å². The van der Waals surface area contributed by atoms with Crippen molar-refractivity contribution >= 4 is 35.4 Å². The summed E-state index contributed by atoms with van der Waals surface area (Å²) < 4.78 is 16.1. The molecule has 0 radical (unpaired) electrons. The highest BCUT2D eigenvalue weighted by Crippen LogP contribution is 2.26. The molecule has 0 aliphatic carbocycles. The van der Waals surface area contributed by atoms with E-state index in [1.807, 2.05) is 6.92 Å². The highest BCUT2D eigenvalue weighted by molar-refractivity contribution is 6.11. The minimum absolute atomic E-state index is 0.0505. The molecule has 0 aromatic heterocycles. The van der Waals surface area contributed by atoms with Gasteiger partial charge in [-0.25, -0.2) is 0 Å². The van der Waals surface area contributed by atoms with Gasteiger partial charge >= 0.3 is 0 Å². The largest absolute Gasteiger partial charge is 0.497 e. The van der Waals surface area contributed by atoms with Crippen LogP contribution in [0.3, 0.4) is 0 Å². The molecule has 218 valence electrons. The number of benzene rings is 4. The van der Waals surface area contributed by atoms with Crippen LogP contribution in [0.1, 0.15) is 38.8 Å². The summed E-state index contributed by atoms with van der Waals surface area (Å²) in [6.45, 7) is 2.43. The number of amides is 2. The van der Waals surface area contributed by atoms with Gasteiger partial charge in [0.25, 0.3) is 11.8 Å². The lowest BCUT2D eigenvalue weighted by Crippen LogP contribution is -2.30. The third-order valence-electron chi connectivity index (χ3n) is 6.31. The quantitative estimate of drug-likeness (QED) is 0.149. The van der Waals surface area contributed by atoms with Crippen molar-refractivity contribution < 1.29 is 28.6 Å². The zero-order chi connectivity index (χ0) is 30.6. The van der Waals surface area contributed by atoms with Crippen molar-refractivity contribution in [2.24, 2.45) is 0 Å². The predicted octanol–water partition coefficient (Wildman–Crippen LogP) is 6.41. The highest BCUT2D eigenvalue weighted by Gasteiger charge is 2.15. The van der Waals surface area contributed by atoms with Gasteiger partial charge in [0.05, 0.1) is 20.8 Å². The van der Waals surface area contributed by atoms with Gasteiger partial charge in [-0.05, 0) is 91.4 Å². The maximum atomic E-state index is 13.3. The summed E-state index contributed by atoms with van der Waals surface area (Å²) in [6, 6.07) is 27.6. The Kier molecular flexibility index (Phi) is 10.5. The fourth-order valence-electron chi connectivity index (χ4n) is 4.07. The van der Waals surface area contributed by atoms with Crippen molar-refractivity contribution in [3.63, 3.8) is 0 Å². The number of nitrogens with one attached hydrogen (secondary N) is 2. The summed E-state index contributed by atoms with van der Waals surface area (Å²) in [7, 11) is 3.12. The number of ether oxygens (including phenoxy) is 3. The molecule has 2 amide bonds. The van der Waals surface area contributed by atoms with E-state index in [4.69, 9.17) is 14.2 Å². The van der Waals surface area contributed by atoms with Gasteiger partial charge in [-0.15, -0.1) is 0 Å². The van der Waals surface area contributed by atoms with Crippen LogP contribution in [0, 0.1) is 0 Å². The maximum Gasteiger partial charge on any atom is 0.272 e. The molecule has 2 N–H and O–H groups in total. The minimum Gasteiger partial charge on any atom is -0.497 e. The first-order valence-electron chi connectivity index (χ1n) is 13.6. The zero-order valence-electron chi connectivity index (χ0n) is 24.1. The molecule has 0 atom stereocenters. The molecule has 0 saturated heterocycles. The lowest BCUT2D eigenvalue weighted by atomic mass is 10.1. The fourth-order valence-corrected chi connectivity index (χ4v) is 4.07. The smallest absolute Gasteiger partial charge is 0.272 e. The number of carbonyl (C=O) groups excluding carboxylic acids is 3. The molecule has 0 fully saturated rings. The summed E-state index contributed by atoms with van der Waals surface area (Å²) in [4.78, 5) is 39.0. The number of anilines is 1. The van der Waals surface area contributed by atoms with Crippen LogP contribution in [0.5, 0.6) is 17.2 Å². The van der Waals surface area contributed by atoms with Crippen LogP contribution in [-0.4, -0.2) is 38.4 Å². The number of hydrogen-bond donors (Lipinski definition) is 2. The van der Waals surface area contributed by atoms with E-state index in [0.29, 0.717) is 46.2 Å². The van der Waals surface area contributed by atoms with E-state index in [0.717, 1.165) is 5.56 Å². The molecule has 0 heterocycles. The Hall–Kier alpha value is -5.63. The molecule has 0 aliphatic heterocycles. The Bertz CT molecular complexity index is 1630. The normalized spacial score (nSPS) is 11.1. The van der Waals surface area contributed by atoms with Crippen LogP contribution in [0.25, 0.3) is 12.2 Å². The Balaban J connectivity index is 1.49. The van der Waals surface area contributed by atoms with Gasteiger partial charge in [0.2, 0.25) is 0 Å². The van der Waals surface area contributed by atoms with Crippen LogP contribution in [0.4, 0.5) is 5.69 Å². The molecular weight excluding hydrogens is 544 g/mol. The first-order chi connectivity index (χ1) is 20.9. The van der Waals surface area contributed by atoms with Gasteiger partial charge in [0.15, 0.2) is 5.78 Å². The molecule has 43 heavy (non-hydrogen) atoms. The van der Waals surface area contributed by atoms with Crippen LogP contribution < -0.4 is 24.8 Å². The molecule has 0 spiro atoms. The SMILES string of the molecule is CCOc1ccc(/C=C(\NC(=O)c2ccccc2)C(=O)Nc2ccc(C(=O)/C=C/c3ccc(OC)cc3OC)cc2)cc1. The number of methoxy groups -OCH3 is 2. The second-order valence-corrected chi connectivity index (χ2v) is 9.22. The van der Waals surface area contributed by atoms with Crippen molar-refractivity contribution in [1.82, 2.24) is 5.32 Å². The number of allylic oxidation sites excluding steroid dienone is 1. The van der Waals surface area contributed by atoms with Crippen molar-refractivity contribution in [2.45, 2.75) is 6.92 Å². The zero-order valence-corrected chi connectivity index (χ0v) is 24.1. The summed E-state index contributed by atoms with van der Waals surface area (Å²) >= 11 is 0. The van der Waals surface area contributed by atoms with E-state index in [-0.39, 0.29) is 11.5 Å². The molecule has 8 nitrogen and oxygen atoms in total. The number of carbonyl (C=O) groups is 3. The van der Waals surface area contributed by atoms with Crippen LogP contribution in [0.2, 0.25) is 0 Å². The van der Waals surface area contributed by atoms with E-state index < -0.39 is 11.8 Å². The first-order valence-corrected chi connectivity index (χ1v) is 13.6. The van der Waals surface area contributed by atoms with Gasteiger partial charge < -0.3 is 24.8 Å². The van der Waals surface area contributed by atoms with Gasteiger partial charge in [-0.1, -0.05) is 30.3 Å². The monoisotopic (exact) mass is 576 g/mol. The second-order valence-electron chi connectivity index (χ2n) is 9.22. The van der Waals surface area contributed by atoms with Crippen LogP contribution in [-0.2, 0) is 4.79 Å². The predicted molar refractivity (Wildman–Crippen MR) is 167 cm³/mol. The second kappa shape index (κ2) is 14.8. The maximum absolute atomic E-state index is 13.3. The lowest BCUT2D eigenvalue weighted by Gasteiger charge is -2.12. The Labute approximate surface area is 250 Å². The molecule has 4 aromatic carbocycles. The van der Waals surface area contributed by atoms with Gasteiger partial charge in [-0.3, -0.25) is 14.4 Å². The third-order valence-corrected chi connectivity index (χ3v) is 6.31. The number of hydrogen-bond acceptors (Lipinski definition) is 6. The van der Waals surface area contributed by atoms with Crippen molar-refractivity contribution in [2.75, 3.05) is 26.1 Å². The average molecular weight is 577 g/mol.